The van der Waals surface area contributed by atoms with Gasteiger partial charge in [0.2, 0.25) is 5.91 Å². The van der Waals surface area contributed by atoms with E-state index >= 15 is 0 Å². The number of amides is 1. The summed E-state index contributed by atoms with van der Waals surface area (Å²) in [6.07, 6.45) is 0.393. The second kappa shape index (κ2) is 7.56. The lowest BCUT2D eigenvalue weighted by molar-refractivity contribution is -0.138. The van der Waals surface area contributed by atoms with Crippen LogP contribution < -0.4 is 5.56 Å². The van der Waals surface area contributed by atoms with Crippen molar-refractivity contribution in [3.63, 3.8) is 0 Å². The van der Waals surface area contributed by atoms with Crippen LogP contribution in [0.15, 0.2) is 4.79 Å². The Hall–Kier alpha value is -2.18. The highest BCUT2D eigenvalue weighted by Gasteiger charge is 2.15. The smallest absolute Gasteiger partial charge is 0.305 e. The summed E-state index contributed by atoms with van der Waals surface area (Å²) < 4.78 is 0. The minimum absolute atomic E-state index is 0.0781. The number of aromatic nitrogens is 2. The van der Waals surface area contributed by atoms with Crippen molar-refractivity contribution in [2.45, 2.75) is 40.0 Å². The number of carboxylic acids is 1. The number of carboxylic acid groups (broad SMARTS) is 1. The fourth-order valence-electron chi connectivity index (χ4n) is 2.13. The van der Waals surface area contributed by atoms with Crippen LogP contribution in [-0.4, -0.2) is 44.9 Å². The van der Waals surface area contributed by atoms with E-state index in [1.807, 2.05) is 0 Å². The first-order chi connectivity index (χ1) is 9.85. The van der Waals surface area contributed by atoms with Crippen LogP contribution in [0.2, 0.25) is 0 Å². The Kier molecular flexibility index (Phi) is 6.08. The molecule has 0 fully saturated rings. The van der Waals surface area contributed by atoms with Crippen LogP contribution in [0, 0.1) is 13.8 Å². The van der Waals surface area contributed by atoms with Gasteiger partial charge in [-0.15, -0.1) is 0 Å². The number of carbonyl (C=O) groups is 2. The fraction of sp³-hybridized carbons (Fsp3) is 0.571. The van der Waals surface area contributed by atoms with E-state index < -0.39 is 5.97 Å². The molecule has 0 aromatic carbocycles. The second-order valence-electron chi connectivity index (χ2n) is 4.83. The monoisotopic (exact) mass is 295 g/mol. The zero-order valence-electron chi connectivity index (χ0n) is 12.6. The second-order valence-corrected chi connectivity index (χ2v) is 4.83. The molecule has 0 bridgehead atoms. The van der Waals surface area contributed by atoms with Gasteiger partial charge in [-0.3, -0.25) is 14.4 Å². The van der Waals surface area contributed by atoms with Crippen LogP contribution in [0.4, 0.5) is 0 Å². The number of rotatable bonds is 7. The summed E-state index contributed by atoms with van der Waals surface area (Å²) in [5, 5.41) is 8.65. The summed E-state index contributed by atoms with van der Waals surface area (Å²) >= 11 is 0. The Morgan fingerprint density at radius 3 is 2.48 bits per heavy atom. The quantitative estimate of drug-likeness (QED) is 0.768. The molecule has 0 unspecified atom stereocenters. The lowest BCUT2D eigenvalue weighted by atomic mass is 10.1. The summed E-state index contributed by atoms with van der Waals surface area (Å²) in [7, 11) is 0. The minimum Gasteiger partial charge on any atom is -0.481 e. The van der Waals surface area contributed by atoms with Crippen molar-refractivity contribution in [3.8, 4) is 0 Å². The third-order valence-electron chi connectivity index (χ3n) is 3.26. The van der Waals surface area contributed by atoms with Crippen LogP contribution in [0.1, 0.15) is 36.8 Å². The van der Waals surface area contributed by atoms with Gasteiger partial charge in [0.1, 0.15) is 5.82 Å². The van der Waals surface area contributed by atoms with Gasteiger partial charge in [0, 0.05) is 30.8 Å². The molecule has 0 atom stereocenters. The number of aryl methyl sites for hydroxylation is 2. The Morgan fingerprint density at radius 2 is 1.95 bits per heavy atom. The molecule has 1 amide bonds. The average molecular weight is 295 g/mol. The van der Waals surface area contributed by atoms with Crippen LogP contribution in [-0.2, 0) is 16.0 Å². The van der Waals surface area contributed by atoms with Crippen molar-refractivity contribution >= 4 is 11.9 Å². The lowest BCUT2D eigenvalue weighted by Gasteiger charge is -2.20. The van der Waals surface area contributed by atoms with Gasteiger partial charge in [0.05, 0.1) is 6.42 Å². The van der Waals surface area contributed by atoms with Crippen LogP contribution >= 0.6 is 0 Å². The summed E-state index contributed by atoms with van der Waals surface area (Å²) in [5.41, 5.74) is 0.905. The highest BCUT2D eigenvalue weighted by molar-refractivity contribution is 5.77. The van der Waals surface area contributed by atoms with Crippen molar-refractivity contribution < 1.29 is 14.7 Å². The Balaban J connectivity index is 2.67. The molecular weight excluding hydrogens is 274 g/mol. The molecule has 0 saturated heterocycles. The molecular formula is C14H21N3O4. The maximum absolute atomic E-state index is 12.1. The zero-order chi connectivity index (χ0) is 16.0. The van der Waals surface area contributed by atoms with E-state index in [4.69, 9.17) is 5.11 Å². The summed E-state index contributed by atoms with van der Waals surface area (Å²) in [6.45, 7) is 5.88. The van der Waals surface area contributed by atoms with Gasteiger partial charge in [-0.25, -0.2) is 4.98 Å². The third kappa shape index (κ3) is 5.02. The highest BCUT2D eigenvalue weighted by atomic mass is 16.4. The highest BCUT2D eigenvalue weighted by Crippen LogP contribution is 2.05. The topological polar surface area (TPSA) is 103 Å². The number of nitrogens with one attached hydrogen (secondary N) is 1. The van der Waals surface area contributed by atoms with E-state index in [0.29, 0.717) is 30.0 Å². The molecule has 0 spiro atoms. The normalized spacial score (nSPS) is 10.4. The molecule has 1 heterocycles. The number of nitrogens with zero attached hydrogens (tertiary/aromatic N) is 2. The molecule has 0 radical (unpaired) electrons. The van der Waals surface area contributed by atoms with Crippen LogP contribution in [0.3, 0.4) is 0 Å². The third-order valence-corrected chi connectivity index (χ3v) is 3.26. The van der Waals surface area contributed by atoms with Gasteiger partial charge in [0.25, 0.3) is 5.56 Å². The van der Waals surface area contributed by atoms with Crippen molar-refractivity contribution in [2.24, 2.45) is 0 Å². The molecule has 0 aliphatic heterocycles. The summed E-state index contributed by atoms with van der Waals surface area (Å²) in [6, 6.07) is 0. The van der Waals surface area contributed by atoms with E-state index in [0.717, 1.165) is 0 Å². The zero-order valence-corrected chi connectivity index (χ0v) is 12.6. The van der Waals surface area contributed by atoms with E-state index in [1.54, 1.807) is 20.8 Å². The maximum atomic E-state index is 12.1. The van der Waals surface area contributed by atoms with Gasteiger partial charge < -0.3 is 15.0 Å². The number of aliphatic carboxylic acids is 1. The van der Waals surface area contributed by atoms with Crippen molar-refractivity contribution in [2.75, 3.05) is 13.1 Å². The van der Waals surface area contributed by atoms with Crippen LogP contribution in [0.25, 0.3) is 0 Å². The van der Waals surface area contributed by atoms with Crippen molar-refractivity contribution in [3.05, 3.63) is 27.4 Å². The van der Waals surface area contributed by atoms with E-state index in [2.05, 4.69) is 9.97 Å². The Bertz CT molecular complexity index is 580. The van der Waals surface area contributed by atoms with E-state index in [-0.39, 0.29) is 30.9 Å². The number of hydrogen-bond donors (Lipinski definition) is 2. The lowest BCUT2D eigenvalue weighted by Crippen LogP contribution is -2.33. The number of H-pyrrole nitrogens is 1. The SMILES string of the molecule is CCN(CCC(=O)O)C(=O)CCc1c(C)nc(C)[nH]c1=O. The minimum atomic E-state index is -0.934. The molecule has 1 rings (SSSR count). The molecule has 0 aliphatic carbocycles. The summed E-state index contributed by atoms with van der Waals surface area (Å²) in [4.78, 5) is 42.7. The predicted molar refractivity (Wildman–Crippen MR) is 77.2 cm³/mol. The molecule has 21 heavy (non-hydrogen) atoms. The molecule has 1 aromatic rings. The molecule has 7 heteroatoms. The molecule has 116 valence electrons. The van der Waals surface area contributed by atoms with Crippen molar-refractivity contribution in [1.29, 1.82) is 0 Å². The molecule has 7 nitrogen and oxygen atoms in total. The van der Waals surface area contributed by atoms with E-state index in [1.165, 1.54) is 4.90 Å². The van der Waals surface area contributed by atoms with Gasteiger partial charge >= 0.3 is 5.97 Å². The summed E-state index contributed by atoms with van der Waals surface area (Å²) in [5.74, 6) is -0.543. The largest absolute Gasteiger partial charge is 0.481 e. The molecule has 1 aromatic heterocycles. The molecule has 0 saturated carbocycles. The first kappa shape index (κ1) is 16.9. The maximum Gasteiger partial charge on any atom is 0.305 e. The van der Waals surface area contributed by atoms with Gasteiger partial charge in [0.15, 0.2) is 0 Å². The number of carbonyl (C=O) groups excluding carboxylic acids is 1. The first-order valence-corrected chi connectivity index (χ1v) is 6.91. The molecule has 2 N–H and O–H groups in total. The molecule has 0 aliphatic rings. The fourth-order valence-corrected chi connectivity index (χ4v) is 2.13. The van der Waals surface area contributed by atoms with E-state index in [9.17, 15) is 14.4 Å². The van der Waals surface area contributed by atoms with Gasteiger partial charge in [-0.2, -0.15) is 0 Å². The Labute approximate surface area is 123 Å². The van der Waals surface area contributed by atoms with Gasteiger partial charge in [-0.05, 0) is 27.2 Å². The Morgan fingerprint density at radius 1 is 1.29 bits per heavy atom. The van der Waals surface area contributed by atoms with Crippen LogP contribution in [0.5, 0.6) is 0 Å². The standard InChI is InChI=1S/C14H21N3O4/c1-4-17(8-7-13(19)20)12(18)6-5-11-9(2)15-10(3)16-14(11)21/h4-8H2,1-3H3,(H,19,20)(H,15,16,21). The predicted octanol–water partition coefficient (Wildman–Crippen LogP) is 0.643. The average Bonchev–Trinajstić information content (AvgIpc) is 2.37. The van der Waals surface area contributed by atoms with Gasteiger partial charge in [-0.1, -0.05) is 0 Å². The van der Waals surface area contributed by atoms with Crippen molar-refractivity contribution in [1.82, 2.24) is 14.9 Å². The number of hydrogen-bond acceptors (Lipinski definition) is 4. The first-order valence-electron chi connectivity index (χ1n) is 6.91. The number of aromatic amines is 1.